The van der Waals surface area contributed by atoms with Crippen LogP contribution >= 0.6 is 0 Å². The molecule has 0 aliphatic carbocycles. The molecule has 0 fully saturated rings. The first-order valence-electron chi connectivity index (χ1n) is 10.1. The molecule has 5 aromatic rings. The van der Waals surface area contributed by atoms with E-state index < -0.39 is 10.8 Å². The van der Waals surface area contributed by atoms with E-state index in [0.717, 1.165) is 16.3 Å². The summed E-state index contributed by atoms with van der Waals surface area (Å²) >= 11 is 0. The van der Waals surface area contributed by atoms with E-state index in [1.165, 1.54) is 18.2 Å². The molecule has 0 aliphatic rings. The van der Waals surface area contributed by atoms with Crippen LogP contribution in [0.3, 0.4) is 0 Å². The average molecular weight is 439 g/mol. The number of carbonyl (C=O) groups excluding carboxylic acids is 1. The number of hydrogen-bond acceptors (Lipinski definition) is 6. The highest BCUT2D eigenvalue weighted by Gasteiger charge is 2.15. The third kappa shape index (κ3) is 4.22. The van der Waals surface area contributed by atoms with Crippen molar-refractivity contribution >= 4 is 39.2 Å². The molecule has 4 aromatic carbocycles. The van der Waals surface area contributed by atoms with Crippen LogP contribution in [0.15, 0.2) is 89.3 Å². The minimum absolute atomic E-state index is 0.0321. The number of hydrogen-bond donors (Lipinski definition) is 1. The van der Waals surface area contributed by atoms with E-state index in [-0.39, 0.29) is 18.0 Å². The number of anilines is 1. The van der Waals surface area contributed by atoms with Crippen LogP contribution in [0, 0.1) is 10.1 Å². The van der Waals surface area contributed by atoms with Gasteiger partial charge >= 0.3 is 5.69 Å². The van der Waals surface area contributed by atoms with Crippen molar-refractivity contribution in [2.75, 3.05) is 11.9 Å². The summed E-state index contributed by atoms with van der Waals surface area (Å²) in [5.41, 5.74) is 2.35. The van der Waals surface area contributed by atoms with Gasteiger partial charge in [0, 0.05) is 17.3 Å². The van der Waals surface area contributed by atoms with E-state index >= 15 is 0 Å². The lowest BCUT2D eigenvalue weighted by atomic mass is 10.1. The Balaban J connectivity index is 1.31. The van der Waals surface area contributed by atoms with Gasteiger partial charge in [0.1, 0.15) is 5.52 Å². The maximum absolute atomic E-state index is 12.3. The first-order valence-corrected chi connectivity index (χ1v) is 10.1. The minimum Gasteiger partial charge on any atom is -0.477 e. The molecule has 0 bridgehead atoms. The number of amides is 1. The van der Waals surface area contributed by atoms with Gasteiger partial charge in [0.15, 0.2) is 17.9 Å². The number of fused-ring (bicyclic) bond motifs is 2. The zero-order valence-corrected chi connectivity index (χ0v) is 17.2. The van der Waals surface area contributed by atoms with Gasteiger partial charge < -0.3 is 14.5 Å². The Bertz CT molecular complexity index is 1510. The van der Waals surface area contributed by atoms with Crippen LogP contribution in [0.25, 0.3) is 33.3 Å². The maximum Gasteiger partial charge on any atom is 0.310 e. The van der Waals surface area contributed by atoms with Crippen LogP contribution in [0.5, 0.6) is 5.75 Å². The summed E-state index contributed by atoms with van der Waals surface area (Å²) in [4.78, 5) is 27.4. The monoisotopic (exact) mass is 439 g/mol. The Labute approximate surface area is 187 Å². The summed E-state index contributed by atoms with van der Waals surface area (Å²) in [6.45, 7) is -0.371. The molecule has 1 aromatic heterocycles. The summed E-state index contributed by atoms with van der Waals surface area (Å²) in [6, 6.07) is 25.0. The van der Waals surface area contributed by atoms with E-state index in [0.29, 0.717) is 22.7 Å². The van der Waals surface area contributed by atoms with Gasteiger partial charge in [-0.3, -0.25) is 14.9 Å². The molecular weight excluding hydrogens is 422 g/mol. The largest absolute Gasteiger partial charge is 0.477 e. The smallest absolute Gasteiger partial charge is 0.310 e. The topological polar surface area (TPSA) is 108 Å². The highest BCUT2D eigenvalue weighted by Crippen LogP contribution is 2.29. The molecule has 0 saturated carbocycles. The van der Waals surface area contributed by atoms with Gasteiger partial charge in [0.25, 0.3) is 5.91 Å². The lowest BCUT2D eigenvalue weighted by Crippen LogP contribution is -2.20. The standard InChI is InChI=1S/C25H17N3O5/c29-24(15-32-23-8-4-3-7-21(23)28(30)31)26-19-11-12-22-20(14-19)27-25(33-22)18-10-9-16-5-1-2-6-17(16)13-18/h1-14H,15H2,(H,26,29). The molecule has 0 unspecified atom stereocenters. The molecule has 33 heavy (non-hydrogen) atoms. The number of ether oxygens (including phenoxy) is 1. The van der Waals surface area contributed by atoms with Gasteiger partial charge in [-0.2, -0.15) is 0 Å². The molecule has 162 valence electrons. The zero-order chi connectivity index (χ0) is 22.8. The van der Waals surface area contributed by atoms with Crippen molar-refractivity contribution in [3.05, 3.63) is 95.0 Å². The van der Waals surface area contributed by atoms with Crippen LogP contribution in [-0.2, 0) is 4.79 Å². The van der Waals surface area contributed by atoms with Crippen LogP contribution < -0.4 is 10.1 Å². The summed E-state index contributed by atoms with van der Waals surface area (Å²) in [7, 11) is 0. The fraction of sp³-hybridized carbons (Fsp3) is 0.0400. The number of rotatable bonds is 6. The minimum atomic E-state index is -0.557. The number of nitro benzene ring substituents is 1. The Kier molecular flexibility index (Phi) is 5.16. The summed E-state index contributed by atoms with van der Waals surface area (Å²) in [5.74, 6) is 0.0642. The normalized spacial score (nSPS) is 10.9. The van der Waals surface area contributed by atoms with Gasteiger partial charge in [-0.05, 0) is 47.2 Å². The first-order chi connectivity index (χ1) is 16.1. The van der Waals surface area contributed by atoms with Crippen LogP contribution in [0.4, 0.5) is 11.4 Å². The van der Waals surface area contributed by atoms with Crippen LogP contribution in [0.2, 0.25) is 0 Å². The molecule has 0 spiro atoms. The summed E-state index contributed by atoms with van der Waals surface area (Å²) in [5, 5.41) is 16.0. The Morgan fingerprint density at radius 3 is 2.61 bits per heavy atom. The summed E-state index contributed by atoms with van der Waals surface area (Å²) in [6.07, 6.45) is 0. The quantitative estimate of drug-likeness (QED) is 0.274. The van der Waals surface area contributed by atoms with Gasteiger partial charge in [0.05, 0.1) is 4.92 Å². The van der Waals surface area contributed by atoms with Crippen molar-refractivity contribution in [1.29, 1.82) is 0 Å². The predicted molar refractivity (Wildman–Crippen MR) is 124 cm³/mol. The van der Waals surface area contributed by atoms with E-state index in [4.69, 9.17) is 9.15 Å². The second-order valence-electron chi connectivity index (χ2n) is 7.33. The zero-order valence-electron chi connectivity index (χ0n) is 17.2. The van der Waals surface area contributed by atoms with E-state index in [1.807, 2.05) is 42.5 Å². The first kappa shape index (κ1) is 20.2. The molecule has 8 heteroatoms. The number of nitrogens with one attached hydrogen (secondary N) is 1. The van der Waals surface area contributed by atoms with Crippen molar-refractivity contribution in [2.45, 2.75) is 0 Å². The molecule has 0 radical (unpaired) electrons. The SMILES string of the molecule is O=C(COc1ccccc1[N+](=O)[O-])Nc1ccc2oc(-c3ccc4ccccc4c3)nc2c1. The fourth-order valence-electron chi connectivity index (χ4n) is 3.52. The average Bonchev–Trinajstić information content (AvgIpc) is 3.26. The number of nitro groups is 1. The lowest BCUT2D eigenvalue weighted by Gasteiger charge is -2.07. The molecule has 1 heterocycles. The van der Waals surface area contributed by atoms with Crippen molar-refractivity contribution < 1.29 is 18.9 Å². The molecular formula is C25H17N3O5. The van der Waals surface area contributed by atoms with Crippen molar-refractivity contribution in [3.8, 4) is 17.2 Å². The highest BCUT2D eigenvalue weighted by molar-refractivity contribution is 5.94. The van der Waals surface area contributed by atoms with Crippen molar-refractivity contribution in [2.24, 2.45) is 0 Å². The third-order valence-corrected chi connectivity index (χ3v) is 5.09. The Hall–Kier alpha value is -4.72. The predicted octanol–water partition coefficient (Wildman–Crippen LogP) is 5.57. The molecule has 8 nitrogen and oxygen atoms in total. The number of carbonyl (C=O) groups is 1. The third-order valence-electron chi connectivity index (χ3n) is 5.09. The summed E-state index contributed by atoms with van der Waals surface area (Å²) < 4.78 is 11.2. The van der Waals surface area contributed by atoms with Gasteiger partial charge in [-0.1, -0.05) is 42.5 Å². The molecule has 1 amide bonds. The lowest BCUT2D eigenvalue weighted by molar-refractivity contribution is -0.385. The van der Waals surface area contributed by atoms with E-state index in [9.17, 15) is 14.9 Å². The number of oxazole rings is 1. The molecule has 5 rings (SSSR count). The molecule has 0 atom stereocenters. The van der Waals surface area contributed by atoms with Crippen molar-refractivity contribution in [1.82, 2.24) is 4.98 Å². The number of aromatic nitrogens is 1. The molecule has 1 N–H and O–H groups in total. The Morgan fingerprint density at radius 2 is 1.76 bits per heavy atom. The van der Waals surface area contributed by atoms with E-state index in [1.54, 1.807) is 24.3 Å². The highest BCUT2D eigenvalue weighted by atomic mass is 16.6. The van der Waals surface area contributed by atoms with Crippen LogP contribution in [0.1, 0.15) is 0 Å². The second-order valence-corrected chi connectivity index (χ2v) is 7.33. The van der Waals surface area contributed by atoms with E-state index in [2.05, 4.69) is 10.3 Å². The van der Waals surface area contributed by atoms with Crippen molar-refractivity contribution in [3.63, 3.8) is 0 Å². The number of para-hydroxylation sites is 2. The fourth-order valence-corrected chi connectivity index (χ4v) is 3.52. The maximum atomic E-state index is 12.3. The second kappa shape index (κ2) is 8.43. The molecule has 0 saturated heterocycles. The Morgan fingerprint density at radius 1 is 0.970 bits per heavy atom. The van der Waals surface area contributed by atoms with Gasteiger partial charge in [-0.15, -0.1) is 0 Å². The molecule has 0 aliphatic heterocycles. The van der Waals surface area contributed by atoms with Gasteiger partial charge in [-0.25, -0.2) is 4.98 Å². The van der Waals surface area contributed by atoms with Crippen LogP contribution in [-0.4, -0.2) is 22.4 Å². The number of benzene rings is 4. The number of nitrogens with zero attached hydrogens (tertiary/aromatic N) is 2. The van der Waals surface area contributed by atoms with Gasteiger partial charge in [0.2, 0.25) is 5.89 Å².